The minimum atomic E-state index is -0.558. The van der Waals surface area contributed by atoms with E-state index in [9.17, 15) is 19.2 Å². The third kappa shape index (κ3) is 27.6. The zero-order chi connectivity index (χ0) is 33.4. The molecular formula is C32H52N2O11. The van der Waals surface area contributed by atoms with Gasteiger partial charge in [-0.1, -0.05) is 6.92 Å². The molecule has 0 aromatic heterocycles. The van der Waals surface area contributed by atoms with E-state index in [1.165, 1.54) is 56.2 Å². The van der Waals surface area contributed by atoms with E-state index in [-0.39, 0.29) is 33.0 Å². The molecule has 13 nitrogen and oxygen atoms in total. The molecule has 0 aliphatic carbocycles. The number of aliphatic hydroxyl groups excluding tert-OH is 2. The predicted molar refractivity (Wildman–Crippen MR) is 167 cm³/mol. The molecule has 0 heterocycles. The Morgan fingerprint density at radius 2 is 0.889 bits per heavy atom. The van der Waals surface area contributed by atoms with Gasteiger partial charge in [-0.3, -0.25) is 0 Å². The highest BCUT2D eigenvalue weighted by atomic mass is 16.6. The monoisotopic (exact) mass is 640 g/mol. The number of esters is 4. The first-order valence-electron chi connectivity index (χ1n) is 15.5. The van der Waals surface area contributed by atoms with E-state index in [1.807, 2.05) is 6.92 Å². The van der Waals surface area contributed by atoms with Crippen LogP contribution in [0.3, 0.4) is 0 Å². The fourth-order valence-corrected chi connectivity index (χ4v) is 3.36. The van der Waals surface area contributed by atoms with Gasteiger partial charge in [-0.25, -0.2) is 19.2 Å². The van der Waals surface area contributed by atoms with E-state index < -0.39 is 23.9 Å². The summed E-state index contributed by atoms with van der Waals surface area (Å²) in [6.45, 7) is 4.20. The number of rotatable bonds is 28. The van der Waals surface area contributed by atoms with Crippen molar-refractivity contribution in [3.63, 3.8) is 0 Å². The molecule has 45 heavy (non-hydrogen) atoms. The van der Waals surface area contributed by atoms with Crippen molar-refractivity contribution in [2.75, 3.05) is 66.4 Å². The summed E-state index contributed by atoms with van der Waals surface area (Å²) in [6.07, 6.45) is 17.2. The highest BCUT2D eigenvalue weighted by Crippen LogP contribution is 2.04. The summed E-state index contributed by atoms with van der Waals surface area (Å²) in [7, 11) is 1.51. The number of hydrogen-bond donors (Lipinski definition) is 2. The van der Waals surface area contributed by atoms with Gasteiger partial charge in [0.1, 0.15) is 6.61 Å². The number of methoxy groups -OCH3 is 1. The van der Waals surface area contributed by atoms with Gasteiger partial charge in [0.25, 0.3) is 0 Å². The van der Waals surface area contributed by atoms with Crippen molar-refractivity contribution in [1.29, 1.82) is 0 Å². The van der Waals surface area contributed by atoms with Crippen LogP contribution in [0.4, 0.5) is 0 Å². The van der Waals surface area contributed by atoms with Crippen molar-refractivity contribution in [3.05, 3.63) is 49.1 Å². The number of carbonyl (C=O) groups excluding carboxylic acids is 4. The molecule has 0 unspecified atom stereocenters. The molecule has 0 rings (SSSR count). The van der Waals surface area contributed by atoms with Crippen molar-refractivity contribution >= 4 is 23.9 Å². The highest BCUT2D eigenvalue weighted by Gasteiger charge is 2.04. The third-order valence-corrected chi connectivity index (χ3v) is 5.76. The Labute approximate surface area is 267 Å². The molecule has 256 valence electrons. The van der Waals surface area contributed by atoms with Crippen LogP contribution in [0.25, 0.3) is 0 Å². The molecule has 0 aromatic rings. The van der Waals surface area contributed by atoms with E-state index in [1.54, 1.807) is 9.80 Å². The van der Waals surface area contributed by atoms with Crippen molar-refractivity contribution in [1.82, 2.24) is 9.80 Å². The average Bonchev–Trinajstić information content (AvgIpc) is 3.03. The first-order chi connectivity index (χ1) is 21.9. The Morgan fingerprint density at radius 3 is 1.24 bits per heavy atom. The maximum absolute atomic E-state index is 12.1. The third-order valence-electron chi connectivity index (χ3n) is 5.76. The normalized spacial score (nSPS) is 11.5. The molecule has 0 bridgehead atoms. The Balaban J connectivity index is 4.58. The van der Waals surface area contributed by atoms with Gasteiger partial charge in [0.15, 0.2) is 0 Å². The molecule has 0 saturated heterocycles. The number of carbonyl (C=O) groups is 4. The standard InChI is InChI=1S/C32H52N2O11/c1-3-24-42-29(37)12-18-33(16-6-4-8-22-35)19-13-30(38)43-25-10-11-26-44-31(39)14-20-34(17-7-5-9-23-36)21-15-32(40)45-28-27-41-2/h12-15,18-21,35-36H,3-11,16-17,22-28H2,1-2H3/b18-12+,19-13+,20-14+,21-15+. The van der Waals surface area contributed by atoms with Crippen LogP contribution in [0.1, 0.15) is 64.7 Å². The predicted octanol–water partition coefficient (Wildman–Crippen LogP) is 2.98. The minimum Gasteiger partial charge on any atom is -0.463 e. The van der Waals surface area contributed by atoms with Gasteiger partial charge in [-0.05, 0) is 57.8 Å². The van der Waals surface area contributed by atoms with Gasteiger partial charge in [-0.15, -0.1) is 0 Å². The Morgan fingerprint density at radius 1 is 0.511 bits per heavy atom. The fraction of sp³-hybridized carbons (Fsp3) is 0.625. The Hall–Kier alpha value is -3.68. The van der Waals surface area contributed by atoms with E-state index in [4.69, 9.17) is 33.9 Å². The van der Waals surface area contributed by atoms with Crippen LogP contribution >= 0.6 is 0 Å². The maximum Gasteiger partial charge on any atom is 0.332 e. The minimum absolute atomic E-state index is 0.0985. The van der Waals surface area contributed by atoms with Crippen molar-refractivity contribution in [2.24, 2.45) is 0 Å². The summed E-state index contributed by atoms with van der Waals surface area (Å²) in [5.41, 5.74) is 0. The molecule has 0 amide bonds. The number of ether oxygens (including phenoxy) is 5. The van der Waals surface area contributed by atoms with E-state index >= 15 is 0 Å². The quantitative estimate of drug-likeness (QED) is 0.0556. The van der Waals surface area contributed by atoms with Crippen LogP contribution in [-0.2, 0) is 42.9 Å². The van der Waals surface area contributed by atoms with Crippen molar-refractivity contribution < 1.29 is 53.1 Å². The molecule has 0 atom stereocenters. The smallest absolute Gasteiger partial charge is 0.332 e. The molecule has 0 aliphatic rings. The molecule has 0 saturated carbocycles. The summed E-state index contributed by atoms with van der Waals surface area (Å²) in [4.78, 5) is 51.2. The number of aliphatic hydroxyl groups is 2. The zero-order valence-corrected chi connectivity index (χ0v) is 26.8. The summed E-state index contributed by atoms with van der Waals surface area (Å²) < 4.78 is 25.2. The lowest BCUT2D eigenvalue weighted by Crippen LogP contribution is -2.15. The summed E-state index contributed by atoms with van der Waals surface area (Å²) in [5.74, 6) is -2.11. The number of nitrogens with zero attached hydrogens (tertiary/aromatic N) is 2. The van der Waals surface area contributed by atoms with Gasteiger partial charge in [0, 0.05) is 82.5 Å². The van der Waals surface area contributed by atoms with Crippen LogP contribution in [0, 0.1) is 0 Å². The molecule has 0 radical (unpaired) electrons. The SMILES string of the molecule is CCCOC(=O)/C=C/N(/C=C/C(=O)OCCCCOC(=O)/C=C/N(/C=C/C(=O)OCCOC)CCCCCO)CCCCCO. The highest BCUT2D eigenvalue weighted by molar-refractivity contribution is 5.83. The van der Waals surface area contributed by atoms with E-state index in [0.717, 1.165) is 32.1 Å². The van der Waals surface area contributed by atoms with Gasteiger partial charge in [0.05, 0.1) is 26.4 Å². The average molecular weight is 641 g/mol. The summed E-state index contributed by atoms with van der Waals surface area (Å²) in [5, 5.41) is 17.9. The van der Waals surface area contributed by atoms with E-state index in [0.29, 0.717) is 52.0 Å². The second-order valence-electron chi connectivity index (χ2n) is 9.68. The Bertz CT molecular complexity index is 919. The number of unbranched alkanes of at least 4 members (excludes halogenated alkanes) is 5. The van der Waals surface area contributed by atoms with Crippen LogP contribution in [0.15, 0.2) is 49.1 Å². The topological polar surface area (TPSA) is 161 Å². The summed E-state index contributed by atoms with van der Waals surface area (Å²) in [6, 6.07) is 0. The zero-order valence-electron chi connectivity index (χ0n) is 26.8. The van der Waals surface area contributed by atoms with Crippen molar-refractivity contribution in [3.8, 4) is 0 Å². The molecule has 0 spiro atoms. The van der Waals surface area contributed by atoms with Gasteiger partial charge >= 0.3 is 23.9 Å². The van der Waals surface area contributed by atoms with Crippen LogP contribution < -0.4 is 0 Å². The van der Waals surface area contributed by atoms with E-state index in [2.05, 4.69) is 0 Å². The largest absolute Gasteiger partial charge is 0.463 e. The molecule has 0 aromatic carbocycles. The van der Waals surface area contributed by atoms with Gasteiger partial charge in [-0.2, -0.15) is 0 Å². The first kappa shape index (κ1) is 41.3. The molecule has 13 heteroatoms. The first-order valence-corrected chi connectivity index (χ1v) is 15.5. The molecule has 0 fully saturated rings. The lowest BCUT2D eigenvalue weighted by molar-refractivity contribution is -0.140. The molecular weight excluding hydrogens is 588 g/mol. The van der Waals surface area contributed by atoms with Gasteiger partial charge < -0.3 is 43.7 Å². The van der Waals surface area contributed by atoms with Gasteiger partial charge in [0.2, 0.25) is 0 Å². The number of hydrogen-bond acceptors (Lipinski definition) is 13. The summed E-state index contributed by atoms with van der Waals surface area (Å²) >= 11 is 0. The van der Waals surface area contributed by atoms with Crippen LogP contribution in [0.5, 0.6) is 0 Å². The Kier molecular flexibility index (Phi) is 27.9. The van der Waals surface area contributed by atoms with Crippen molar-refractivity contribution in [2.45, 2.75) is 64.7 Å². The fourth-order valence-electron chi connectivity index (χ4n) is 3.36. The lowest BCUT2D eigenvalue weighted by atomic mass is 10.2. The van der Waals surface area contributed by atoms with Crippen LogP contribution in [-0.4, -0.2) is 110 Å². The van der Waals surface area contributed by atoms with Crippen LogP contribution in [0.2, 0.25) is 0 Å². The second kappa shape index (κ2) is 30.4. The molecule has 2 N–H and O–H groups in total. The maximum atomic E-state index is 12.1. The lowest BCUT2D eigenvalue weighted by Gasteiger charge is -2.15. The second-order valence-corrected chi connectivity index (χ2v) is 9.68. The molecule has 0 aliphatic heterocycles.